The lowest BCUT2D eigenvalue weighted by atomic mass is 10.0. The predicted octanol–water partition coefficient (Wildman–Crippen LogP) is 3.21. The molecule has 0 saturated carbocycles. The molecule has 1 aromatic carbocycles. The fourth-order valence-electron chi connectivity index (χ4n) is 3.08. The molecule has 1 saturated heterocycles. The maximum atomic E-state index is 12.6. The van der Waals surface area contributed by atoms with E-state index in [1.807, 2.05) is 19.9 Å². The van der Waals surface area contributed by atoms with Crippen molar-refractivity contribution in [3.63, 3.8) is 0 Å². The lowest BCUT2D eigenvalue weighted by Gasteiger charge is -2.34. The molecule has 1 fully saturated rings. The average molecular weight is 290 g/mol. The van der Waals surface area contributed by atoms with Gasteiger partial charge in [-0.05, 0) is 57.8 Å². The number of nitrogens with one attached hydrogen (secondary N) is 1. The van der Waals surface area contributed by atoms with Gasteiger partial charge < -0.3 is 10.4 Å². The number of nitrogens with zero attached hydrogens (tertiary/aromatic N) is 1. The Morgan fingerprint density at radius 1 is 1.38 bits per heavy atom. The van der Waals surface area contributed by atoms with Gasteiger partial charge in [0.15, 0.2) is 0 Å². The molecule has 1 amide bonds. The van der Waals surface area contributed by atoms with Gasteiger partial charge in [-0.1, -0.05) is 19.4 Å². The van der Waals surface area contributed by atoms with Crippen LogP contribution < -0.4 is 5.32 Å². The summed E-state index contributed by atoms with van der Waals surface area (Å²) in [5.74, 6) is 0.282. The minimum absolute atomic E-state index is 0.0418. The van der Waals surface area contributed by atoms with E-state index in [1.54, 1.807) is 6.07 Å². The third-order valence-corrected chi connectivity index (χ3v) is 4.32. The number of hydrogen-bond acceptors (Lipinski definition) is 3. The Balaban J connectivity index is 2.15. The second-order valence-electron chi connectivity index (χ2n) is 5.94. The number of rotatable bonds is 4. The molecule has 2 rings (SSSR count). The molecular weight excluding hydrogens is 264 g/mol. The van der Waals surface area contributed by atoms with Gasteiger partial charge in [0.2, 0.25) is 5.91 Å². The van der Waals surface area contributed by atoms with Gasteiger partial charge in [0.05, 0.1) is 11.7 Å². The number of carbonyl (C=O) groups excluding carboxylic acids is 1. The third-order valence-electron chi connectivity index (χ3n) is 4.32. The lowest BCUT2D eigenvalue weighted by molar-refractivity contribution is -0.122. The van der Waals surface area contributed by atoms with Crippen LogP contribution in [0, 0.1) is 13.8 Å². The number of amides is 1. The first-order valence-corrected chi connectivity index (χ1v) is 7.88. The van der Waals surface area contributed by atoms with Crippen molar-refractivity contribution in [2.75, 3.05) is 18.4 Å². The van der Waals surface area contributed by atoms with Gasteiger partial charge in [-0.3, -0.25) is 9.69 Å². The number of aromatic hydroxyl groups is 1. The SMILES string of the molecule is CCCN1CCCC[C@@H]1C(=O)Nc1c(C)ccc(O)c1C. The summed E-state index contributed by atoms with van der Waals surface area (Å²) in [4.78, 5) is 14.9. The Morgan fingerprint density at radius 3 is 2.86 bits per heavy atom. The summed E-state index contributed by atoms with van der Waals surface area (Å²) in [5.41, 5.74) is 2.47. The van der Waals surface area contributed by atoms with Crippen LogP contribution in [0.4, 0.5) is 5.69 Å². The largest absolute Gasteiger partial charge is 0.508 e. The predicted molar refractivity (Wildman–Crippen MR) is 85.7 cm³/mol. The van der Waals surface area contributed by atoms with Gasteiger partial charge in [0, 0.05) is 5.56 Å². The van der Waals surface area contributed by atoms with Gasteiger partial charge in [-0.15, -0.1) is 0 Å². The van der Waals surface area contributed by atoms with Crippen molar-refractivity contribution in [3.05, 3.63) is 23.3 Å². The summed E-state index contributed by atoms with van der Waals surface area (Å²) in [5, 5.41) is 12.9. The number of likely N-dealkylation sites (tertiary alicyclic amines) is 1. The van der Waals surface area contributed by atoms with Crippen molar-refractivity contribution in [2.45, 2.75) is 52.5 Å². The highest BCUT2D eigenvalue weighted by molar-refractivity contribution is 5.96. The van der Waals surface area contributed by atoms with Gasteiger partial charge in [0.25, 0.3) is 0 Å². The molecule has 0 spiro atoms. The van der Waals surface area contributed by atoms with Crippen LogP contribution in [-0.2, 0) is 4.79 Å². The van der Waals surface area contributed by atoms with Gasteiger partial charge in [0.1, 0.15) is 5.75 Å². The highest BCUT2D eigenvalue weighted by Crippen LogP contribution is 2.29. The zero-order valence-electron chi connectivity index (χ0n) is 13.3. The highest BCUT2D eigenvalue weighted by atomic mass is 16.3. The molecule has 0 unspecified atom stereocenters. The van der Waals surface area contributed by atoms with E-state index in [0.29, 0.717) is 0 Å². The third kappa shape index (κ3) is 3.56. The molecule has 21 heavy (non-hydrogen) atoms. The minimum atomic E-state index is -0.0418. The van der Waals surface area contributed by atoms with E-state index in [-0.39, 0.29) is 17.7 Å². The van der Waals surface area contributed by atoms with E-state index in [2.05, 4.69) is 17.1 Å². The van der Waals surface area contributed by atoms with Crippen molar-refractivity contribution in [3.8, 4) is 5.75 Å². The monoisotopic (exact) mass is 290 g/mol. The molecule has 1 aliphatic rings. The Hall–Kier alpha value is -1.55. The van der Waals surface area contributed by atoms with Crippen LogP contribution in [0.5, 0.6) is 5.75 Å². The zero-order chi connectivity index (χ0) is 15.4. The van der Waals surface area contributed by atoms with Crippen LogP contribution in [0.25, 0.3) is 0 Å². The number of hydrogen-bond donors (Lipinski definition) is 2. The molecule has 116 valence electrons. The summed E-state index contributed by atoms with van der Waals surface area (Å²) >= 11 is 0. The van der Waals surface area contributed by atoms with E-state index in [4.69, 9.17) is 0 Å². The quantitative estimate of drug-likeness (QED) is 0.895. The van der Waals surface area contributed by atoms with Crippen LogP contribution in [-0.4, -0.2) is 35.0 Å². The Morgan fingerprint density at radius 2 is 2.14 bits per heavy atom. The van der Waals surface area contributed by atoms with Gasteiger partial charge >= 0.3 is 0 Å². The first-order chi connectivity index (χ1) is 10.0. The summed E-state index contributed by atoms with van der Waals surface area (Å²) in [6, 6.07) is 3.47. The molecule has 0 radical (unpaired) electrons. The number of phenols is 1. The second-order valence-corrected chi connectivity index (χ2v) is 5.94. The topological polar surface area (TPSA) is 52.6 Å². The van der Waals surface area contributed by atoms with Crippen molar-refractivity contribution >= 4 is 11.6 Å². The van der Waals surface area contributed by atoms with E-state index in [9.17, 15) is 9.90 Å². The smallest absolute Gasteiger partial charge is 0.241 e. The van der Waals surface area contributed by atoms with Crippen LogP contribution in [0.2, 0.25) is 0 Å². The van der Waals surface area contributed by atoms with Crippen LogP contribution in [0.1, 0.15) is 43.7 Å². The lowest BCUT2D eigenvalue weighted by Crippen LogP contribution is -2.47. The second kappa shape index (κ2) is 6.94. The number of anilines is 1. The van der Waals surface area contributed by atoms with Gasteiger partial charge in [-0.25, -0.2) is 0 Å². The molecule has 1 aromatic rings. The van der Waals surface area contributed by atoms with E-state index in [0.717, 1.165) is 49.2 Å². The van der Waals surface area contributed by atoms with E-state index < -0.39 is 0 Å². The molecule has 1 heterocycles. The van der Waals surface area contributed by atoms with Crippen LogP contribution >= 0.6 is 0 Å². The molecule has 0 aliphatic carbocycles. The standard InChI is InChI=1S/C17H26N2O2/c1-4-10-19-11-6-5-7-14(19)17(21)18-16-12(2)8-9-15(20)13(16)3/h8-9,14,20H,4-7,10-11H2,1-3H3,(H,18,21)/t14-/m1/s1. The minimum Gasteiger partial charge on any atom is -0.508 e. The molecular formula is C17H26N2O2. The normalized spacial score (nSPS) is 19.5. The number of carbonyl (C=O) groups is 1. The maximum absolute atomic E-state index is 12.6. The number of aryl methyl sites for hydroxylation is 1. The number of phenolic OH excluding ortho intramolecular Hbond substituents is 1. The highest BCUT2D eigenvalue weighted by Gasteiger charge is 2.28. The van der Waals surface area contributed by atoms with Crippen LogP contribution in [0.15, 0.2) is 12.1 Å². The van der Waals surface area contributed by atoms with E-state index in [1.165, 1.54) is 6.42 Å². The molecule has 4 nitrogen and oxygen atoms in total. The zero-order valence-corrected chi connectivity index (χ0v) is 13.3. The number of benzene rings is 1. The Bertz CT molecular complexity index is 512. The van der Waals surface area contributed by atoms with E-state index >= 15 is 0 Å². The molecule has 4 heteroatoms. The Kier molecular flexibility index (Phi) is 5.23. The summed E-state index contributed by atoms with van der Waals surface area (Å²) in [7, 11) is 0. The van der Waals surface area contributed by atoms with Crippen molar-refractivity contribution < 1.29 is 9.90 Å². The maximum Gasteiger partial charge on any atom is 0.241 e. The molecule has 0 aromatic heterocycles. The summed E-state index contributed by atoms with van der Waals surface area (Å²) in [6.07, 6.45) is 4.26. The average Bonchev–Trinajstić information content (AvgIpc) is 2.48. The first-order valence-electron chi connectivity index (χ1n) is 7.88. The van der Waals surface area contributed by atoms with Gasteiger partial charge in [-0.2, -0.15) is 0 Å². The fraction of sp³-hybridized carbons (Fsp3) is 0.588. The van der Waals surface area contributed by atoms with Crippen molar-refractivity contribution in [2.24, 2.45) is 0 Å². The summed E-state index contributed by atoms with van der Waals surface area (Å²) < 4.78 is 0. The van der Waals surface area contributed by atoms with Crippen molar-refractivity contribution in [1.29, 1.82) is 0 Å². The first kappa shape index (κ1) is 15.8. The fourth-order valence-corrected chi connectivity index (χ4v) is 3.08. The Labute approximate surface area is 127 Å². The molecule has 2 N–H and O–H groups in total. The van der Waals surface area contributed by atoms with Crippen molar-refractivity contribution in [1.82, 2.24) is 4.90 Å². The molecule has 1 aliphatic heterocycles. The number of piperidine rings is 1. The van der Waals surface area contributed by atoms with Crippen LogP contribution in [0.3, 0.4) is 0 Å². The molecule has 1 atom stereocenters. The molecule has 0 bridgehead atoms. The summed E-state index contributed by atoms with van der Waals surface area (Å²) in [6.45, 7) is 7.91.